The number of ether oxygens (including phenoxy) is 1. The van der Waals surface area contributed by atoms with Gasteiger partial charge in [-0.1, -0.05) is 42.5 Å². The maximum absolute atomic E-state index is 12.3. The van der Waals surface area contributed by atoms with E-state index in [1.54, 1.807) is 31.4 Å². The van der Waals surface area contributed by atoms with Crippen LogP contribution in [0.1, 0.15) is 24.2 Å². The molecule has 134 valence electrons. The number of carbonyl (C=O) groups excluding carboxylic acids is 1. The van der Waals surface area contributed by atoms with Crippen LogP contribution in [0.2, 0.25) is 0 Å². The lowest BCUT2D eigenvalue weighted by Gasteiger charge is -2.24. The smallest absolute Gasteiger partial charge is 0.237 e. The molecule has 2 atom stereocenters. The van der Waals surface area contributed by atoms with Crippen LogP contribution in [0.3, 0.4) is 0 Å². The number of methoxy groups -OCH3 is 1. The van der Waals surface area contributed by atoms with Crippen molar-refractivity contribution in [2.24, 2.45) is 0 Å². The van der Waals surface area contributed by atoms with Crippen LogP contribution in [0.4, 0.5) is 0 Å². The molecule has 0 unspecified atom stereocenters. The summed E-state index contributed by atoms with van der Waals surface area (Å²) in [5.74, 6) is 0.627. The number of aliphatic hydroxyl groups excluding tert-OH is 1. The Labute approximate surface area is 149 Å². The molecule has 0 spiro atoms. The molecule has 0 radical (unpaired) electrons. The van der Waals surface area contributed by atoms with Gasteiger partial charge < -0.3 is 15.2 Å². The highest BCUT2D eigenvalue weighted by atomic mass is 16.5. The molecule has 2 aromatic rings. The number of hydrogen-bond acceptors (Lipinski definition) is 4. The van der Waals surface area contributed by atoms with E-state index < -0.39 is 6.10 Å². The topological polar surface area (TPSA) is 61.8 Å². The van der Waals surface area contributed by atoms with E-state index in [0.717, 1.165) is 16.9 Å². The van der Waals surface area contributed by atoms with Crippen LogP contribution in [-0.2, 0) is 11.3 Å². The SMILES string of the molecule is COc1ccc([C@@H](O)CNC(=O)[C@@H](C)N(C)Cc2ccccc2)cc1. The third kappa shape index (κ3) is 5.59. The van der Waals surface area contributed by atoms with Crippen molar-refractivity contribution in [3.05, 3.63) is 65.7 Å². The number of carbonyl (C=O) groups is 1. The molecule has 25 heavy (non-hydrogen) atoms. The zero-order chi connectivity index (χ0) is 18.2. The summed E-state index contributed by atoms with van der Waals surface area (Å²) in [7, 11) is 3.51. The molecule has 1 amide bonds. The number of likely N-dealkylation sites (N-methyl/N-ethyl adjacent to an activating group) is 1. The number of amides is 1. The molecule has 0 aliphatic rings. The Hall–Kier alpha value is -2.37. The van der Waals surface area contributed by atoms with Gasteiger partial charge in [-0.2, -0.15) is 0 Å². The van der Waals surface area contributed by atoms with Gasteiger partial charge in [-0.3, -0.25) is 9.69 Å². The van der Waals surface area contributed by atoms with Crippen molar-refractivity contribution in [3.63, 3.8) is 0 Å². The van der Waals surface area contributed by atoms with Gasteiger partial charge >= 0.3 is 0 Å². The van der Waals surface area contributed by atoms with E-state index in [-0.39, 0.29) is 18.5 Å². The molecule has 2 rings (SSSR count). The fourth-order valence-electron chi connectivity index (χ4n) is 2.50. The molecule has 5 heteroatoms. The van der Waals surface area contributed by atoms with E-state index in [1.807, 2.05) is 49.2 Å². The van der Waals surface area contributed by atoms with Crippen molar-refractivity contribution in [2.75, 3.05) is 20.7 Å². The predicted molar refractivity (Wildman–Crippen MR) is 98.3 cm³/mol. The molecule has 2 N–H and O–H groups in total. The lowest BCUT2D eigenvalue weighted by atomic mass is 10.1. The molecule has 0 aliphatic carbocycles. The summed E-state index contributed by atoms with van der Waals surface area (Å²) in [4.78, 5) is 14.3. The van der Waals surface area contributed by atoms with E-state index in [1.165, 1.54) is 0 Å². The summed E-state index contributed by atoms with van der Waals surface area (Å²) in [6, 6.07) is 16.9. The largest absolute Gasteiger partial charge is 0.497 e. The fourth-order valence-corrected chi connectivity index (χ4v) is 2.50. The van der Waals surface area contributed by atoms with Gasteiger partial charge in [0.2, 0.25) is 5.91 Å². The Morgan fingerprint density at radius 3 is 2.40 bits per heavy atom. The summed E-state index contributed by atoms with van der Waals surface area (Å²) < 4.78 is 5.10. The van der Waals surface area contributed by atoms with Gasteiger partial charge in [-0.25, -0.2) is 0 Å². The Morgan fingerprint density at radius 1 is 1.16 bits per heavy atom. The second-order valence-corrected chi connectivity index (χ2v) is 6.11. The van der Waals surface area contributed by atoms with Crippen molar-refractivity contribution in [1.29, 1.82) is 0 Å². The van der Waals surface area contributed by atoms with Crippen LogP contribution in [0, 0.1) is 0 Å². The molecule has 0 saturated heterocycles. The summed E-state index contributed by atoms with van der Waals surface area (Å²) in [5, 5.41) is 13.0. The molecule has 5 nitrogen and oxygen atoms in total. The third-order valence-electron chi connectivity index (χ3n) is 4.29. The molecule has 0 fully saturated rings. The van der Waals surface area contributed by atoms with Gasteiger partial charge in [0.15, 0.2) is 0 Å². The van der Waals surface area contributed by atoms with Crippen molar-refractivity contribution in [3.8, 4) is 5.75 Å². The quantitative estimate of drug-likeness (QED) is 0.773. The van der Waals surface area contributed by atoms with Crippen molar-refractivity contribution >= 4 is 5.91 Å². The Morgan fingerprint density at radius 2 is 1.80 bits per heavy atom. The monoisotopic (exact) mass is 342 g/mol. The maximum Gasteiger partial charge on any atom is 0.237 e. The van der Waals surface area contributed by atoms with Crippen molar-refractivity contribution in [2.45, 2.75) is 25.6 Å². The summed E-state index contributed by atoms with van der Waals surface area (Å²) in [6.07, 6.45) is -0.749. The second kappa shape index (κ2) is 9.20. The van der Waals surface area contributed by atoms with Crippen LogP contribution in [0.5, 0.6) is 5.75 Å². The average molecular weight is 342 g/mol. The van der Waals surface area contributed by atoms with Crippen LogP contribution in [0.25, 0.3) is 0 Å². The van der Waals surface area contributed by atoms with Crippen LogP contribution >= 0.6 is 0 Å². The lowest BCUT2D eigenvalue weighted by Crippen LogP contribution is -2.44. The standard InChI is InChI=1S/C20H26N2O3/c1-15(22(2)14-16-7-5-4-6-8-16)20(24)21-13-19(23)17-9-11-18(25-3)12-10-17/h4-12,15,19,23H,13-14H2,1-3H3,(H,21,24)/t15-,19+/m1/s1. The number of hydrogen-bond donors (Lipinski definition) is 2. The summed E-state index contributed by atoms with van der Waals surface area (Å²) in [5.41, 5.74) is 1.90. The van der Waals surface area contributed by atoms with Gasteiger partial charge in [-0.05, 0) is 37.2 Å². The first-order valence-corrected chi connectivity index (χ1v) is 8.35. The normalized spacial score (nSPS) is 13.3. The molecular formula is C20H26N2O3. The highest BCUT2D eigenvalue weighted by molar-refractivity contribution is 5.81. The van der Waals surface area contributed by atoms with E-state index in [9.17, 15) is 9.90 Å². The highest BCUT2D eigenvalue weighted by Crippen LogP contribution is 2.17. The van der Waals surface area contributed by atoms with Crippen LogP contribution < -0.4 is 10.1 Å². The Balaban J connectivity index is 1.83. The van der Waals surface area contributed by atoms with Crippen LogP contribution in [-0.4, -0.2) is 42.7 Å². The van der Waals surface area contributed by atoms with E-state index in [0.29, 0.717) is 6.54 Å². The molecule has 0 saturated carbocycles. The zero-order valence-electron chi connectivity index (χ0n) is 15.0. The first-order chi connectivity index (χ1) is 12.0. The van der Waals surface area contributed by atoms with Gasteiger partial charge in [0.05, 0.1) is 19.3 Å². The Kier molecular flexibility index (Phi) is 6.98. The molecular weight excluding hydrogens is 316 g/mol. The van der Waals surface area contributed by atoms with E-state index in [4.69, 9.17) is 4.74 Å². The molecule has 0 aromatic heterocycles. The average Bonchev–Trinajstić information content (AvgIpc) is 2.66. The molecule has 0 heterocycles. The predicted octanol–water partition coefficient (Wildman–Crippen LogP) is 2.37. The summed E-state index contributed by atoms with van der Waals surface area (Å²) in [6.45, 7) is 2.73. The number of nitrogens with one attached hydrogen (secondary N) is 1. The van der Waals surface area contributed by atoms with Gasteiger partial charge in [-0.15, -0.1) is 0 Å². The minimum atomic E-state index is -0.749. The third-order valence-corrected chi connectivity index (χ3v) is 4.29. The first-order valence-electron chi connectivity index (χ1n) is 8.35. The minimum Gasteiger partial charge on any atom is -0.497 e. The minimum absolute atomic E-state index is 0.106. The van der Waals surface area contributed by atoms with Gasteiger partial charge in [0.25, 0.3) is 0 Å². The number of aliphatic hydroxyl groups is 1. The summed E-state index contributed by atoms with van der Waals surface area (Å²) >= 11 is 0. The zero-order valence-corrected chi connectivity index (χ0v) is 15.0. The lowest BCUT2D eigenvalue weighted by molar-refractivity contribution is -0.126. The van der Waals surface area contributed by atoms with E-state index in [2.05, 4.69) is 5.32 Å². The van der Waals surface area contributed by atoms with Crippen molar-refractivity contribution < 1.29 is 14.6 Å². The first kappa shape index (κ1) is 19.0. The fraction of sp³-hybridized carbons (Fsp3) is 0.350. The number of benzene rings is 2. The van der Waals surface area contributed by atoms with Gasteiger partial charge in [0.1, 0.15) is 5.75 Å². The maximum atomic E-state index is 12.3. The molecule has 0 aliphatic heterocycles. The Bertz CT molecular complexity index is 658. The van der Waals surface area contributed by atoms with Crippen molar-refractivity contribution in [1.82, 2.24) is 10.2 Å². The van der Waals surface area contributed by atoms with Crippen LogP contribution in [0.15, 0.2) is 54.6 Å². The highest BCUT2D eigenvalue weighted by Gasteiger charge is 2.19. The molecule has 2 aromatic carbocycles. The van der Waals surface area contributed by atoms with E-state index >= 15 is 0 Å². The number of nitrogens with zero attached hydrogens (tertiary/aromatic N) is 1. The number of rotatable bonds is 8. The van der Waals surface area contributed by atoms with Gasteiger partial charge in [0, 0.05) is 13.1 Å². The molecule has 0 bridgehead atoms. The second-order valence-electron chi connectivity index (χ2n) is 6.11.